The monoisotopic (exact) mass is 501 g/mol. The Balaban J connectivity index is 1.48. The number of hydrogen-bond acceptors (Lipinski definition) is 5. The number of pyridine rings is 1. The molecule has 0 atom stereocenters. The van der Waals surface area contributed by atoms with Crippen LogP contribution < -0.4 is 16.3 Å². The molecular weight excluding hydrogens is 483 g/mol. The van der Waals surface area contributed by atoms with E-state index in [1.54, 1.807) is 36.4 Å². The summed E-state index contributed by atoms with van der Waals surface area (Å²) in [5, 5.41) is 15.6. The number of para-hydroxylation sites is 1. The molecule has 0 aliphatic heterocycles. The molecule has 2 aromatic carbocycles. The number of aromatic nitrogens is 3. The van der Waals surface area contributed by atoms with Crippen molar-refractivity contribution in [1.82, 2.24) is 14.1 Å². The second-order valence-electron chi connectivity index (χ2n) is 7.27. The number of alkyl halides is 3. The van der Waals surface area contributed by atoms with Gasteiger partial charge >= 0.3 is 17.2 Å². The lowest BCUT2D eigenvalue weighted by Gasteiger charge is -2.08. The van der Waals surface area contributed by atoms with Crippen LogP contribution in [-0.2, 0) is 6.54 Å². The first-order valence-electron chi connectivity index (χ1n) is 10.1. The number of carbonyl (C=O) groups is 1. The Kier molecular flexibility index (Phi) is 6.82. The summed E-state index contributed by atoms with van der Waals surface area (Å²) in [5.74, 6) is -0.119. The standard InChI is InChI=1S/C23H18F3N5O3S/c24-23(25,26)35-18-8-6-17(7-9-18)31-20(32)14-30(22(31)34)13-15-10-11-27-19(12-15)29-21(33)28-16-4-2-1-3-5-16/h1-12,14,32H,13H2,(H2,27,28,29,33). The first kappa shape index (κ1) is 24.0. The van der Waals surface area contributed by atoms with E-state index in [-0.39, 0.29) is 40.6 Å². The van der Waals surface area contributed by atoms with Crippen molar-refractivity contribution in [2.24, 2.45) is 0 Å². The van der Waals surface area contributed by atoms with Crippen molar-refractivity contribution >= 4 is 29.3 Å². The van der Waals surface area contributed by atoms with Crippen LogP contribution in [0.15, 0.2) is 88.8 Å². The van der Waals surface area contributed by atoms with Crippen molar-refractivity contribution in [3.63, 3.8) is 0 Å². The van der Waals surface area contributed by atoms with Gasteiger partial charge in [-0.05, 0) is 65.9 Å². The number of amides is 2. The van der Waals surface area contributed by atoms with E-state index in [0.29, 0.717) is 11.3 Å². The maximum atomic E-state index is 12.9. The van der Waals surface area contributed by atoms with Gasteiger partial charge in [0.25, 0.3) is 0 Å². The second-order valence-corrected chi connectivity index (χ2v) is 8.41. The number of aromatic hydroxyl groups is 1. The Morgan fingerprint density at radius 2 is 1.74 bits per heavy atom. The van der Waals surface area contributed by atoms with Crippen LogP contribution in [0.5, 0.6) is 5.88 Å². The summed E-state index contributed by atoms with van der Waals surface area (Å²) in [6.07, 6.45) is 2.68. The third kappa shape index (κ3) is 6.23. The van der Waals surface area contributed by atoms with Crippen LogP contribution in [0.4, 0.5) is 29.5 Å². The Morgan fingerprint density at radius 1 is 1.03 bits per heavy atom. The van der Waals surface area contributed by atoms with Crippen LogP contribution in [0.1, 0.15) is 5.56 Å². The first-order chi connectivity index (χ1) is 16.7. The zero-order chi connectivity index (χ0) is 25.0. The van der Waals surface area contributed by atoms with Gasteiger partial charge in [-0.25, -0.2) is 19.1 Å². The lowest BCUT2D eigenvalue weighted by atomic mass is 10.2. The fourth-order valence-corrected chi connectivity index (χ4v) is 3.81. The zero-order valence-electron chi connectivity index (χ0n) is 17.9. The van der Waals surface area contributed by atoms with Crippen molar-refractivity contribution < 1.29 is 23.1 Å². The molecule has 2 aromatic heterocycles. The summed E-state index contributed by atoms with van der Waals surface area (Å²) in [6, 6.07) is 16.7. The number of hydrogen-bond donors (Lipinski definition) is 3. The van der Waals surface area contributed by atoms with Crippen LogP contribution >= 0.6 is 11.8 Å². The number of halogens is 3. The average molecular weight is 501 g/mol. The molecule has 3 N–H and O–H groups in total. The SMILES string of the molecule is O=C(Nc1ccccc1)Nc1cc(Cn2cc(O)n(-c3ccc(SC(F)(F)F)cc3)c2=O)ccn1. The zero-order valence-corrected chi connectivity index (χ0v) is 18.7. The molecule has 8 nitrogen and oxygen atoms in total. The van der Waals surface area contributed by atoms with Gasteiger partial charge in [-0.15, -0.1) is 0 Å². The molecule has 180 valence electrons. The Hall–Kier alpha value is -4.19. The van der Waals surface area contributed by atoms with E-state index >= 15 is 0 Å². The Labute approximate surface area is 201 Å². The van der Waals surface area contributed by atoms with E-state index in [2.05, 4.69) is 15.6 Å². The van der Waals surface area contributed by atoms with Gasteiger partial charge in [-0.1, -0.05) is 18.2 Å². The van der Waals surface area contributed by atoms with Gasteiger partial charge in [0.1, 0.15) is 5.82 Å². The maximum Gasteiger partial charge on any atom is 0.446 e. The lowest BCUT2D eigenvalue weighted by Crippen LogP contribution is -2.23. The van der Waals surface area contributed by atoms with Crippen LogP contribution in [0, 0.1) is 0 Å². The van der Waals surface area contributed by atoms with Crippen LogP contribution in [0.2, 0.25) is 0 Å². The van der Waals surface area contributed by atoms with E-state index in [9.17, 15) is 27.9 Å². The summed E-state index contributed by atoms with van der Waals surface area (Å²) in [6.45, 7) is 0.0545. The first-order valence-corrected chi connectivity index (χ1v) is 10.9. The average Bonchev–Trinajstić information content (AvgIpc) is 3.07. The predicted molar refractivity (Wildman–Crippen MR) is 126 cm³/mol. The number of carbonyl (C=O) groups excluding carboxylic acids is 1. The largest absolute Gasteiger partial charge is 0.493 e. The van der Waals surface area contributed by atoms with E-state index < -0.39 is 17.2 Å². The smallest absolute Gasteiger partial charge is 0.446 e. The van der Waals surface area contributed by atoms with Gasteiger partial charge < -0.3 is 10.4 Å². The number of imidazole rings is 1. The molecule has 0 radical (unpaired) electrons. The van der Waals surface area contributed by atoms with Gasteiger partial charge in [-0.3, -0.25) is 9.88 Å². The molecule has 0 saturated carbocycles. The Bertz CT molecular complexity index is 1390. The molecule has 2 heterocycles. The minimum absolute atomic E-state index is 0.0404. The third-order valence-corrected chi connectivity index (χ3v) is 5.46. The summed E-state index contributed by atoms with van der Waals surface area (Å²) < 4.78 is 39.8. The lowest BCUT2D eigenvalue weighted by molar-refractivity contribution is -0.0328. The van der Waals surface area contributed by atoms with Crippen molar-refractivity contribution in [1.29, 1.82) is 0 Å². The quantitative estimate of drug-likeness (QED) is 0.321. The van der Waals surface area contributed by atoms with Gasteiger partial charge in [0, 0.05) is 16.8 Å². The number of urea groups is 1. The van der Waals surface area contributed by atoms with Crippen LogP contribution in [0.25, 0.3) is 5.69 Å². The molecule has 0 saturated heterocycles. The van der Waals surface area contributed by atoms with Gasteiger partial charge in [0.15, 0.2) is 0 Å². The molecular formula is C23H18F3N5O3S. The number of rotatable bonds is 6. The fraction of sp³-hybridized carbons (Fsp3) is 0.0870. The van der Waals surface area contributed by atoms with Gasteiger partial charge in [0.2, 0.25) is 5.88 Å². The van der Waals surface area contributed by atoms with Crippen molar-refractivity contribution in [2.45, 2.75) is 16.9 Å². The minimum atomic E-state index is -4.43. The molecule has 0 aliphatic carbocycles. The molecule has 2 amide bonds. The molecule has 0 aliphatic rings. The topological polar surface area (TPSA) is 101 Å². The molecule has 35 heavy (non-hydrogen) atoms. The van der Waals surface area contributed by atoms with Crippen molar-refractivity contribution in [3.8, 4) is 11.6 Å². The van der Waals surface area contributed by atoms with Crippen molar-refractivity contribution in [3.05, 3.63) is 95.2 Å². The highest BCUT2D eigenvalue weighted by atomic mass is 32.2. The van der Waals surface area contributed by atoms with Crippen molar-refractivity contribution in [2.75, 3.05) is 10.6 Å². The normalized spacial score (nSPS) is 11.3. The highest BCUT2D eigenvalue weighted by Crippen LogP contribution is 2.37. The summed E-state index contributed by atoms with van der Waals surface area (Å²) in [4.78, 5) is 29.1. The van der Waals surface area contributed by atoms with Crippen LogP contribution in [0.3, 0.4) is 0 Å². The Morgan fingerprint density at radius 3 is 2.43 bits per heavy atom. The molecule has 0 bridgehead atoms. The highest BCUT2D eigenvalue weighted by Gasteiger charge is 2.29. The van der Waals surface area contributed by atoms with E-state index in [1.807, 2.05) is 6.07 Å². The molecule has 0 unspecified atom stereocenters. The third-order valence-electron chi connectivity index (χ3n) is 4.72. The highest BCUT2D eigenvalue weighted by molar-refractivity contribution is 8.00. The number of benzene rings is 2. The molecule has 12 heteroatoms. The van der Waals surface area contributed by atoms with E-state index in [4.69, 9.17) is 0 Å². The number of anilines is 2. The van der Waals surface area contributed by atoms with Gasteiger partial charge in [0.05, 0.1) is 18.4 Å². The summed E-state index contributed by atoms with van der Waals surface area (Å²) in [5.41, 5.74) is -3.58. The number of nitrogens with zero attached hydrogens (tertiary/aromatic N) is 3. The second kappa shape index (κ2) is 9.97. The molecule has 0 spiro atoms. The fourth-order valence-electron chi connectivity index (χ4n) is 3.27. The molecule has 0 fully saturated rings. The van der Waals surface area contributed by atoms with E-state index in [1.165, 1.54) is 41.2 Å². The van der Waals surface area contributed by atoms with Gasteiger partial charge in [-0.2, -0.15) is 13.2 Å². The number of nitrogens with one attached hydrogen (secondary N) is 2. The summed E-state index contributed by atoms with van der Waals surface area (Å²) >= 11 is -0.270. The molecule has 4 aromatic rings. The molecule has 4 rings (SSSR count). The number of thioether (sulfide) groups is 1. The van der Waals surface area contributed by atoms with E-state index in [0.717, 1.165) is 4.57 Å². The predicted octanol–water partition coefficient (Wildman–Crippen LogP) is 5.04. The maximum absolute atomic E-state index is 12.9. The minimum Gasteiger partial charge on any atom is -0.493 e. The van der Waals surface area contributed by atoms with Crippen LogP contribution in [-0.4, -0.2) is 30.8 Å². The summed E-state index contributed by atoms with van der Waals surface area (Å²) in [7, 11) is 0.